The molecule has 2 amide bonds. The largest absolute Gasteiger partial charge is 0.497 e. The molecular weight excluding hydrogens is 649 g/mol. The molecule has 0 aliphatic carbocycles. The van der Waals surface area contributed by atoms with E-state index in [2.05, 4.69) is 15.5 Å². The van der Waals surface area contributed by atoms with E-state index in [4.69, 9.17) is 19.3 Å². The fraction of sp³-hybridized carbons (Fsp3) is 0.229. The van der Waals surface area contributed by atoms with Gasteiger partial charge < -0.3 is 19.5 Å². The van der Waals surface area contributed by atoms with Crippen molar-refractivity contribution in [3.63, 3.8) is 0 Å². The number of ether oxygens (including phenoxy) is 3. The molecule has 3 aromatic carbocycles. The number of aromatic nitrogens is 3. The highest BCUT2D eigenvalue weighted by molar-refractivity contribution is 7.99. The standard InChI is InChI=1S/C35H34N6O5S2/c1-3-45-28-17-13-25(14-18-28)40-32(21-36-33(42)22-46-27-8-5-4-6-9-27)37-38-35(40)48-23-34(43)41-30(24-11-15-26(44-2)16-12-24)20-29(39-41)31-10-7-19-47-31/h4-19,30H,3,20-23H2,1-2H3,(H,36,42). The molecule has 1 N–H and O–H groups in total. The highest BCUT2D eigenvalue weighted by Gasteiger charge is 2.33. The minimum absolute atomic E-state index is 0.0698. The lowest BCUT2D eigenvalue weighted by molar-refractivity contribution is -0.130. The molecule has 3 heterocycles. The summed E-state index contributed by atoms with van der Waals surface area (Å²) < 4.78 is 18.4. The molecule has 0 bridgehead atoms. The number of thiophene rings is 1. The van der Waals surface area contributed by atoms with Gasteiger partial charge in [-0.15, -0.1) is 21.5 Å². The summed E-state index contributed by atoms with van der Waals surface area (Å²) >= 11 is 2.86. The Balaban J connectivity index is 1.20. The summed E-state index contributed by atoms with van der Waals surface area (Å²) in [6.07, 6.45) is 0.601. The number of thioether (sulfide) groups is 1. The van der Waals surface area contributed by atoms with Crippen LogP contribution >= 0.6 is 23.1 Å². The summed E-state index contributed by atoms with van der Waals surface area (Å²) in [6.45, 7) is 2.43. The smallest absolute Gasteiger partial charge is 0.258 e. The molecule has 1 unspecified atom stereocenters. The number of amides is 2. The quantitative estimate of drug-likeness (QED) is 0.144. The van der Waals surface area contributed by atoms with Crippen LogP contribution in [0.4, 0.5) is 0 Å². The molecule has 11 nitrogen and oxygen atoms in total. The zero-order valence-corrected chi connectivity index (χ0v) is 28.1. The van der Waals surface area contributed by atoms with Gasteiger partial charge in [0.15, 0.2) is 17.6 Å². The number of carbonyl (C=O) groups excluding carboxylic acids is 2. The number of hydrogen-bond donors (Lipinski definition) is 1. The molecule has 1 aliphatic heterocycles. The molecule has 5 aromatic rings. The predicted molar refractivity (Wildman–Crippen MR) is 185 cm³/mol. The van der Waals surface area contributed by atoms with Gasteiger partial charge in [0, 0.05) is 12.1 Å². The number of nitrogens with zero attached hydrogens (tertiary/aromatic N) is 5. The van der Waals surface area contributed by atoms with Crippen molar-refractivity contribution >= 4 is 40.6 Å². The van der Waals surface area contributed by atoms with Gasteiger partial charge in [-0.25, -0.2) is 5.01 Å². The maximum atomic E-state index is 13.8. The van der Waals surface area contributed by atoms with Crippen molar-refractivity contribution in [3.05, 3.63) is 113 Å². The second-order valence-electron chi connectivity index (χ2n) is 10.6. The zero-order chi connectivity index (χ0) is 33.3. The third-order valence-electron chi connectivity index (χ3n) is 7.46. The number of benzene rings is 3. The third-order valence-corrected chi connectivity index (χ3v) is 9.29. The topological polar surface area (TPSA) is 120 Å². The molecule has 0 spiro atoms. The van der Waals surface area contributed by atoms with Crippen molar-refractivity contribution in [2.75, 3.05) is 26.1 Å². The number of rotatable bonds is 14. The summed E-state index contributed by atoms with van der Waals surface area (Å²) in [5, 5.41) is 20.5. The van der Waals surface area contributed by atoms with Gasteiger partial charge in [0.1, 0.15) is 17.2 Å². The maximum absolute atomic E-state index is 13.8. The van der Waals surface area contributed by atoms with Gasteiger partial charge >= 0.3 is 0 Å². The first-order valence-electron chi connectivity index (χ1n) is 15.3. The fourth-order valence-electron chi connectivity index (χ4n) is 5.13. The fourth-order valence-corrected chi connectivity index (χ4v) is 6.67. The van der Waals surface area contributed by atoms with E-state index >= 15 is 0 Å². The van der Waals surface area contributed by atoms with Crippen LogP contribution in [-0.4, -0.2) is 63.4 Å². The van der Waals surface area contributed by atoms with Crippen LogP contribution in [0.1, 0.15) is 35.7 Å². The van der Waals surface area contributed by atoms with Gasteiger partial charge in [0.25, 0.3) is 11.8 Å². The van der Waals surface area contributed by atoms with Crippen molar-refractivity contribution in [2.24, 2.45) is 5.10 Å². The van der Waals surface area contributed by atoms with Crippen molar-refractivity contribution in [3.8, 4) is 22.9 Å². The lowest BCUT2D eigenvalue weighted by Gasteiger charge is -2.22. The Morgan fingerprint density at radius 1 is 0.917 bits per heavy atom. The van der Waals surface area contributed by atoms with E-state index in [1.54, 1.807) is 35.6 Å². The summed E-state index contributed by atoms with van der Waals surface area (Å²) in [5.74, 6) is 2.17. The molecule has 48 heavy (non-hydrogen) atoms. The molecule has 1 atom stereocenters. The van der Waals surface area contributed by atoms with Crippen LogP contribution < -0.4 is 19.5 Å². The molecule has 0 saturated heterocycles. The molecule has 246 valence electrons. The normalized spacial score (nSPS) is 14.0. The Kier molecular flexibility index (Phi) is 10.7. The Bertz CT molecular complexity index is 1840. The molecule has 13 heteroatoms. The van der Waals surface area contributed by atoms with E-state index in [1.165, 1.54) is 11.8 Å². The van der Waals surface area contributed by atoms with Crippen LogP contribution in [0.2, 0.25) is 0 Å². The van der Waals surface area contributed by atoms with Gasteiger partial charge in [-0.1, -0.05) is 48.2 Å². The van der Waals surface area contributed by atoms with Crippen LogP contribution in [0, 0.1) is 0 Å². The summed E-state index contributed by atoms with van der Waals surface area (Å²) in [5.41, 5.74) is 2.60. The second-order valence-corrected chi connectivity index (χ2v) is 12.5. The van der Waals surface area contributed by atoms with E-state index < -0.39 is 0 Å². The summed E-state index contributed by atoms with van der Waals surface area (Å²) in [6, 6.07) is 28.1. The first-order chi connectivity index (χ1) is 23.5. The average molecular weight is 683 g/mol. The van der Waals surface area contributed by atoms with E-state index in [0.29, 0.717) is 29.8 Å². The van der Waals surface area contributed by atoms with Crippen LogP contribution in [0.25, 0.3) is 5.69 Å². The average Bonchev–Trinajstić information content (AvgIpc) is 3.90. The third kappa shape index (κ3) is 7.86. The lowest BCUT2D eigenvalue weighted by atomic mass is 10.0. The second kappa shape index (κ2) is 15.6. The Labute approximate surface area is 286 Å². The molecule has 6 rings (SSSR count). The summed E-state index contributed by atoms with van der Waals surface area (Å²) in [4.78, 5) is 27.5. The van der Waals surface area contributed by atoms with Gasteiger partial charge in [-0.3, -0.25) is 14.2 Å². The Hall–Kier alpha value is -5.14. The minimum Gasteiger partial charge on any atom is -0.497 e. The molecule has 2 aromatic heterocycles. The number of nitrogens with one attached hydrogen (secondary N) is 1. The van der Waals surface area contributed by atoms with Crippen LogP contribution in [0.3, 0.4) is 0 Å². The highest BCUT2D eigenvalue weighted by atomic mass is 32.2. The van der Waals surface area contributed by atoms with E-state index in [0.717, 1.165) is 33.3 Å². The minimum atomic E-state index is -0.303. The Morgan fingerprint density at radius 2 is 1.67 bits per heavy atom. The van der Waals surface area contributed by atoms with E-state index in [9.17, 15) is 9.59 Å². The molecule has 1 aliphatic rings. The number of hydrogen-bond acceptors (Lipinski definition) is 10. The van der Waals surface area contributed by atoms with Gasteiger partial charge in [0.05, 0.1) is 42.6 Å². The molecule has 0 radical (unpaired) electrons. The van der Waals surface area contributed by atoms with Crippen molar-refractivity contribution < 1.29 is 23.8 Å². The van der Waals surface area contributed by atoms with Crippen LogP contribution in [0.5, 0.6) is 17.2 Å². The molecule has 0 fully saturated rings. The van der Waals surface area contributed by atoms with Gasteiger partial charge in [-0.05, 0) is 72.5 Å². The summed E-state index contributed by atoms with van der Waals surface area (Å²) in [7, 11) is 1.63. The van der Waals surface area contributed by atoms with E-state index in [1.807, 2.05) is 95.7 Å². The first-order valence-corrected chi connectivity index (χ1v) is 17.2. The SMILES string of the molecule is CCOc1ccc(-n2c(CNC(=O)COc3ccccc3)nnc2SCC(=O)N2N=C(c3cccs3)CC2c2ccc(OC)cc2)cc1. The lowest BCUT2D eigenvalue weighted by Crippen LogP contribution is -2.29. The van der Waals surface area contributed by atoms with Gasteiger partial charge in [-0.2, -0.15) is 5.10 Å². The van der Waals surface area contributed by atoms with Crippen molar-refractivity contribution in [1.82, 2.24) is 25.1 Å². The highest BCUT2D eigenvalue weighted by Crippen LogP contribution is 2.35. The van der Waals surface area contributed by atoms with Crippen molar-refractivity contribution in [1.29, 1.82) is 0 Å². The predicted octanol–water partition coefficient (Wildman–Crippen LogP) is 5.90. The number of methoxy groups -OCH3 is 1. The molecular formula is C35H34N6O5S2. The van der Waals surface area contributed by atoms with Crippen LogP contribution in [0.15, 0.2) is 107 Å². The van der Waals surface area contributed by atoms with Crippen LogP contribution in [-0.2, 0) is 16.1 Å². The number of para-hydroxylation sites is 1. The van der Waals surface area contributed by atoms with Crippen molar-refractivity contribution in [2.45, 2.75) is 31.1 Å². The number of carbonyl (C=O) groups is 2. The first kappa shape index (κ1) is 32.8. The number of hydrazone groups is 1. The van der Waals surface area contributed by atoms with Gasteiger partial charge in [0.2, 0.25) is 0 Å². The zero-order valence-electron chi connectivity index (χ0n) is 26.4. The maximum Gasteiger partial charge on any atom is 0.258 e. The monoisotopic (exact) mass is 682 g/mol. The Morgan fingerprint density at radius 3 is 2.38 bits per heavy atom. The molecule has 0 saturated carbocycles. The van der Waals surface area contributed by atoms with E-state index in [-0.39, 0.29) is 36.8 Å².